The molecular formula is C9H15N3S. The van der Waals surface area contributed by atoms with Crippen molar-refractivity contribution in [3.63, 3.8) is 0 Å². The Bertz CT molecular complexity index is 248. The molecule has 0 fully saturated rings. The molecule has 1 rings (SSSR count). The van der Waals surface area contributed by atoms with Crippen LogP contribution in [0.15, 0.2) is 18.3 Å². The molecule has 0 saturated heterocycles. The molecule has 1 N–H and O–H groups in total. The molecule has 3 nitrogen and oxygen atoms in total. The van der Waals surface area contributed by atoms with Gasteiger partial charge in [-0.1, -0.05) is 0 Å². The van der Waals surface area contributed by atoms with Crippen molar-refractivity contribution in [1.29, 1.82) is 0 Å². The van der Waals surface area contributed by atoms with Crippen LogP contribution in [0.25, 0.3) is 0 Å². The van der Waals surface area contributed by atoms with Crippen LogP contribution in [0.4, 0.5) is 5.82 Å². The smallest absolute Gasteiger partial charge is 0.148 e. The van der Waals surface area contributed by atoms with E-state index in [0.717, 1.165) is 12.4 Å². The fourth-order valence-electron chi connectivity index (χ4n) is 0.771. The molecule has 13 heavy (non-hydrogen) atoms. The molecule has 0 spiro atoms. The summed E-state index contributed by atoms with van der Waals surface area (Å²) in [5.74, 6) is 0.838. The van der Waals surface area contributed by atoms with Crippen LogP contribution in [0.2, 0.25) is 0 Å². The molecule has 0 aliphatic carbocycles. The first-order chi connectivity index (χ1) is 6.14. The minimum absolute atomic E-state index is 0.234. The molecular weight excluding hydrogens is 182 g/mol. The van der Waals surface area contributed by atoms with Gasteiger partial charge in [-0.15, -0.1) is 5.10 Å². The van der Waals surface area contributed by atoms with Crippen LogP contribution >= 0.6 is 11.8 Å². The van der Waals surface area contributed by atoms with E-state index in [9.17, 15) is 0 Å². The monoisotopic (exact) mass is 197 g/mol. The summed E-state index contributed by atoms with van der Waals surface area (Å²) in [6, 6.07) is 3.80. The zero-order valence-electron chi connectivity index (χ0n) is 8.24. The summed E-state index contributed by atoms with van der Waals surface area (Å²) >= 11 is 1.84. The first-order valence-electron chi connectivity index (χ1n) is 4.21. The summed E-state index contributed by atoms with van der Waals surface area (Å²) in [4.78, 5) is 0. The van der Waals surface area contributed by atoms with Gasteiger partial charge in [0, 0.05) is 17.5 Å². The van der Waals surface area contributed by atoms with Crippen LogP contribution in [0.5, 0.6) is 0 Å². The number of aromatic nitrogens is 2. The summed E-state index contributed by atoms with van der Waals surface area (Å²) in [7, 11) is 0. The van der Waals surface area contributed by atoms with E-state index in [2.05, 4.69) is 35.6 Å². The van der Waals surface area contributed by atoms with Gasteiger partial charge in [0.25, 0.3) is 0 Å². The largest absolute Gasteiger partial charge is 0.367 e. The number of rotatable bonds is 4. The van der Waals surface area contributed by atoms with Gasteiger partial charge in [0.1, 0.15) is 5.82 Å². The van der Waals surface area contributed by atoms with Crippen molar-refractivity contribution in [2.24, 2.45) is 0 Å². The Morgan fingerprint density at radius 3 is 2.85 bits per heavy atom. The Labute approximate surface area is 83.3 Å². The van der Waals surface area contributed by atoms with Gasteiger partial charge in [-0.25, -0.2) is 0 Å². The van der Waals surface area contributed by atoms with Crippen molar-refractivity contribution >= 4 is 17.6 Å². The molecule has 0 radical (unpaired) electrons. The van der Waals surface area contributed by atoms with Gasteiger partial charge in [-0.05, 0) is 32.2 Å². The van der Waals surface area contributed by atoms with Gasteiger partial charge in [0.05, 0.1) is 0 Å². The number of hydrogen-bond acceptors (Lipinski definition) is 4. The van der Waals surface area contributed by atoms with Crippen LogP contribution < -0.4 is 5.32 Å². The zero-order valence-corrected chi connectivity index (χ0v) is 9.06. The van der Waals surface area contributed by atoms with Gasteiger partial charge >= 0.3 is 0 Å². The van der Waals surface area contributed by atoms with Crippen molar-refractivity contribution < 1.29 is 0 Å². The molecule has 0 aromatic carbocycles. The average molecular weight is 197 g/mol. The van der Waals surface area contributed by atoms with Crippen LogP contribution in [0, 0.1) is 0 Å². The van der Waals surface area contributed by atoms with E-state index in [1.165, 1.54) is 0 Å². The first-order valence-corrected chi connectivity index (χ1v) is 5.43. The van der Waals surface area contributed by atoms with Gasteiger partial charge in [0.15, 0.2) is 0 Å². The van der Waals surface area contributed by atoms with E-state index >= 15 is 0 Å². The quantitative estimate of drug-likeness (QED) is 0.801. The topological polar surface area (TPSA) is 37.8 Å². The van der Waals surface area contributed by atoms with Crippen LogP contribution in [0.1, 0.15) is 13.8 Å². The van der Waals surface area contributed by atoms with E-state index in [-0.39, 0.29) is 4.75 Å². The predicted molar refractivity (Wildman–Crippen MR) is 58.1 cm³/mol. The number of nitrogens with one attached hydrogen (secondary N) is 1. The maximum Gasteiger partial charge on any atom is 0.148 e. The van der Waals surface area contributed by atoms with Crippen LogP contribution in [-0.2, 0) is 0 Å². The molecule has 0 unspecified atom stereocenters. The third-order valence-electron chi connectivity index (χ3n) is 1.82. The van der Waals surface area contributed by atoms with Gasteiger partial charge in [-0.3, -0.25) is 0 Å². The van der Waals surface area contributed by atoms with Gasteiger partial charge in [-0.2, -0.15) is 16.9 Å². The van der Waals surface area contributed by atoms with E-state index in [4.69, 9.17) is 0 Å². The van der Waals surface area contributed by atoms with Crippen molar-refractivity contribution in [3.8, 4) is 0 Å². The lowest BCUT2D eigenvalue weighted by Gasteiger charge is -2.22. The van der Waals surface area contributed by atoms with Crippen molar-refractivity contribution in [2.75, 3.05) is 18.1 Å². The fourth-order valence-corrected chi connectivity index (χ4v) is 0.988. The summed E-state index contributed by atoms with van der Waals surface area (Å²) in [5, 5.41) is 11.0. The van der Waals surface area contributed by atoms with E-state index in [1.54, 1.807) is 6.20 Å². The lowest BCUT2D eigenvalue weighted by Crippen LogP contribution is -2.26. The fraction of sp³-hybridized carbons (Fsp3) is 0.556. The summed E-state index contributed by atoms with van der Waals surface area (Å²) < 4.78 is 0.234. The number of anilines is 1. The maximum absolute atomic E-state index is 3.95. The Morgan fingerprint density at radius 1 is 1.54 bits per heavy atom. The lowest BCUT2D eigenvalue weighted by atomic mass is 10.2. The second-order valence-electron chi connectivity index (χ2n) is 3.43. The van der Waals surface area contributed by atoms with Crippen LogP contribution in [-0.4, -0.2) is 27.7 Å². The standard InChI is InChI=1S/C9H15N3S/c1-9(2,13-3)7-10-8-5-4-6-11-12-8/h4-6H,7H2,1-3H3,(H,10,12). The van der Waals surface area contributed by atoms with Crippen molar-refractivity contribution in [2.45, 2.75) is 18.6 Å². The molecule has 1 heterocycles. The van der Waals surface area contributed by atoms with Crippen LogP contribution in [0.3, 0.4) is 0 Å². The summed E-state index contributed by atoms with van der Waals surface area (Å²) in [5.41, 5.74) is 0. The minimum atomic E-state index is 0.234. The van der Waals surface area contributed by atoms with Gasteiger partial charge < -0.3 is 5.32 Å². The number of nitrogens with zero attached hydrogens (tertiary/aromatic N) is 2. The highest BCUT2D eigenvalue weighted by atomic mass is 32.2. The number of hydrogen-bond donors (Lipinski definition) is 1. The molecule has 0 amide bonds. The molecule has 4 heteroatoms. The maximum atomic E-state index is 3.95. The Morgan fingerprint density at radius 2 is 2.31 bits per heavy atom. The summed E-state index contributed by atoms with van der Waals surface area (Å²) in [6.07, 6.45) is 3.78. The van der Waals surface area contributed by atoms with E-state index < -0.39 is 0 Å². The highest BCUT2D eigenvalue weighted by Crippen LogP contribution is 2.20. The third-order valence-corrected chi connectivity index (χ3v) is 3.07. The normalized spacial score (nSPS) is 11.3. The Hall–Kier alpha value is -0.770. The zero-order chi connectivity index (χ0) is 9.73. The number of thioether (sulfide) groups is 1. The van der Waals surface area contributed by atoms with Crippen molar-refractivity contribution in [1.82, 2.24) is 10.2 Å². The van der Waals surface area contributed by atoms with E-state index in [1.807, 2.05) is 23.9 Å². The molecule has 1 aromatic heterocycles. The third kappa shape index (κ3) is 3.63. The molecule has 72 valence electrons. The molecule has 0 bridgehead atoms. The van der Waals surface area contributed by atoms with E-state index in [0.29, 0.717) is 0 Å². The highest BCUT2D eigenvalue weighted by Gasteiger charge is 2.15. The summed E-state index contributed by atoms with van der Waals surface area (Å²) in [6.45, 7) is 5.29. The predicted octanol–water partition coefficient (Wildman–Crippen LogP) is 2.03. The lowest BCUT2D eigenvalue weighted by molar-refractivity contribution is 0.748. The second-order valence-corrected chi connectivity index (χ2v) is 4.94. The average Bonchev–Trinajstić information content (AvgIpc) is 2.17. The Balaban J connectivity index is 2.44. The molecule has 0 atom stereocenters. The molecule has 0 aliphatic rings. The van der Waals surface area contributed by atoms with Gasteiger partial charge in [0.2, 0.25) is 0 Å². The molecule has 0 aliphatic heterocycles. The Kier molecular flexibility index (Phi) is 3.54. The molecule has 1 aromatic rings. The second kappa shape index (κ2) is 4.46. The highest BCUT2D eigenvalue weighted by molar-refractivity contribution is 7.99. The SMILES string of the molecule is CSC(C)(C)CNc1cccnn1. The molecule has 0 saturated carbocycles. The first kappa shape index (κ1) is 10.3. The minimum Gasteiger partial charge on any atom is -0.367 e. The van der Waals surface area contributed by atoms with Crippen molar-refractivity contribution in [3.05, 3.63) is 18.3 Å².